The molecule has 4 aromatic rings. The summed E-state index contributed by atoms with van der Waals surface area (Å²) in [6.07, 6.45) is 0.220. The SMILES string of the molecule is O=C(NN1C(=O)c2ccc(Cc3ccc4c(c3)C(=O)N(NC(=O)c3ccccc3O)C4=O)cc2C1=O)c1ccccc1O. The van der Waals surface area contributed by atoms with Gasteiger partial charge in [-0.15, -0.1) is 0 Å². The molecule has 6 amide bonds. The van der Waals surface area contributed by atoms with E-state index in [1.807, 2.05) is 0 Å². The first kappa shape index (κ1) is 26.9. The fourth-order valence-electron chi connectivity index (χ4n) is 4.89. The number of hydrogen-bond acceptors (Lipinski definition) is 8. The summed E-state index contributed by atoms with van der Waals surface area (Å²) in [5, 5.41) is 21.0. The summed E-state index contributed by atoms with van der Waals surface area (Å²) in [6, 6.07) is 20.5. The molecule has 0 unspecified atom stereocenters. The summed E-state index contributed by atoms with van der Waals surface area (Å²) in [4.78, 5) is 76.9. The highest BCUT2D eigenvalue weighted by Gasteiger charge is 2.39. The van der Waals surface area contributed by atoms with Crippen LogP contribution in [0.15, 0.2) is 84.9 Å². The summed E-state index contributed by atoms with van der Waals surface area (Å²) < 4.78 is 0. The molecule has 2 aliphatic heterocycles. The number of nitrogens with zero attached hydrogens (tertiary/aromatic N) is 2. The number of nitrogens with one attached hydrogen (secondary N) is 2. The minimum Gasteiger partial charge on any atom is -0.507 e. The van der Waals surface area contributed by atoms with Gasteiger partial charge in [-0.05, 0) is 66.1 Å². The average Bonchev–Trinajstić information content (AvgIpc) is 3.37. The highest BCUT2D eigenvalue weighted by Crippen LogP contribution is 2.28. The molecule has 0 radical (unpaired) electrons. The first-order valence-electron chi connectivity index (χ1n) is 12.9. The van der Waals surface area contributed by atoms with Gasteiger partial charge in [0.1, 0.15) is 11.5 Å². The van der Waals surface area contributed by atoms with Crippen molar-refractivity contribution in [2.24, 2.45) is 0 Å². The summed E-state index contributed by atoms with van der Waals surface area (Å²) in [5.74, 6) is -5.27. The first-order valence-corrected chi connectivity index (χ1v) is 12.9. The van der Waals surface area contributed by atoms with Crippen LogP contribution in [-0.2, 0) is 6.42 Å². The molecule has 4 N–H and O–H groups in total. The molecule has 0 aliphatic carbocycles. The molecule has 43 heavy (non-hydrogen) atoms. The maximum Gasteiger partial charge on any atom is 0.280 e. The molecular formula is C31H20N4O8. The zero-order valence-electron chi connectivity index (χ0n) is 22.0. The van der Waals surface area contributed by atoms with Crippen molar-refractivity contribution in [3.05, 3.63) is 129 Å². The molecule has 0 aromatic heterocycles. The van der Waals surface area contributed by atoms with Crippen LogP contribution in [0, 0.1) is 0 Å². The number of phenols is 2. The average molecular weight is 577 g/mol. The molecular weight excluding hydrogens is 556 g/mol. The Labute approximate surface area is 242 Å². The molecule has 0 spiro atoms. The molecule has 2 heterocycles. The second-order valence-electron chi connectivity index (χ2n) is 9.74. The monoisotopic (exact) mass is 576 g/mol. The van der Waals surface area contributed by atoms with Gasteiger partial charge in [0.15, 0.2) is 0 Å². The van der Waals surface area contributed by atoms with Gasteiger partial charge in [0.05, 0.1) is 33.4 Å². The van der Waals surface area contributed by atoms with Crippen molar-refractivity contribution >= 4 is 35.4 Å². The van der Waals surface area contributed by atoms with Crippen molar-refractivity contribution in [3.8, 4) is 11.5 Å². The van der Waals surface area contributed by atoms with Gasteiger partial charge in [0.25, 0.3) is 35.4 Å². The zero-order chi connectivity index (χ0) is 30.4. The van der Waals surface area contributed by atoms with Crippen LogP contribution >= 0.6 is 0 Å². The van der Waals surface area contributed by atoms with Crippen molar-refractivity contribution < 1.29 is 39.0 Å². The summed E-state index contributed by atoms with van der Waals surface area (Å²) in [7, 11) is 0. The molecule has 0 fully saturated rings. The molecule has 4 aromatic carbocycles. The molecule has 12 nitrogen and oxygen atoms in total. The van der Waals surface area contributed by atoms with Crippen molar-refractivity contribution in [1.29, 1.82) is 0 Å². The van der Waals surface area contributed by atoms with E-state index < -0.39 is 35.4 Å². The van der Waals surface area contributed by atoms with Crippen LogP contribution in [0.4, 0.5) is 0 Å². The summed E-state index contributed by atoms with van der Waals surface area (Å²) in [6.45, 7) is 0. The Morgan fingerprint density at radius 2 is 0.907 bits per heavy atom. The second kappa shape index (κ2) is 10.3. The number of imide groups is 2. The maximum absolute atomic E-state index is 13.0. The van der Waals surface area contributed by atoms with Gasteiger partial charge < -0.3 is 10.2 Å². The second-order valence-corrected chi connectivity index (χ2v) is 9.74. The molecule has 0 saturated heterocycles. The van der Waals surface area contributed by atoms with E-state index in [9.17, 15) is 39.0 Å². The quantitative estimate of drug-likeness (QED) is 0.254. The van der Waals surface area contributed by atoms with Gasteiger partial charge in [0.2, 0.25) is 0 Å². The molecule has 0 atom stereocenters. The molecule has 12 heteroatoms. The predicted molar refractivity (Wildman–Crippen MR) is 148 cm³/mol. The number of para-hydroxylation sites is 2. The third-order valence-electron chi connectivity index (χ3n) is 7.03. The van der Waals surface area contributed by atoms with E-state index in [0.717, 1.165) is 0 Å². The van der Waals surface area contributed by atoms with Crippen molar-refractivity contribution in [1.82, 2.24) is 20.9 Å². The van der Waals surface area contributed by atoms with Crippen LogP contribution in [0.2, 0.25) is 0 Å². The number of benzene rings is 4. The Morgan fingerprint density at radius 1 is 0.535 bits per heavy atom. The Morgan fingerprint density at radius 3 is 1.30 bits per heavy atom. The number of hydrazine groups is 2. The van der Waals surface area contributed by atoms with Crippen molar-refractivity contribution in [3.63, 3.8) is 0 Å². The predicted octanol–water partition coefficient (Wildman–Crippen LogP) is 2.57. The number of amides is 6. The van der Waals surface area contributed by atoms with Crippen molar-refractivity contribution in [2.75, 3.05) is 0 Å². The summed E-state index contributed by atoms with van der Waals surface area (Å²) >= 11 is 0. The zero-order valence-corrected chi connectivity index (χ0v) is 22.0. The van der Waals surface area contributed by atoms with E-state index in [-0.39, 0.29) is 51.3 Å². The van der Waals surface area contributed by atoms with Gasteiger partial charge >= 0.3 is 0 Å². The van der Waals surface area contributed by atoms with E-state index in [2.05, 4.69) is 10.9 Å². The van der Waals surface area contributed by atoms with Crippen molar-refractivity contribution in [2.45, 2.75) is 6.42 Å². The van der Waals surface area contributed by atoms with Crippen LogP contribution in [0.5, 0.6) is 11.5 Å². The van der Waals surface area contributed by atoms with Gasteiger partial charge in [-0.3, -0.25) is 39.6 Å². The molecule has 6 rings (SSSR count). The van der Waals surface area contributed by atoms with E-state index >= 15 is 0 Å². The fourth-order valence-corrected chi connectivity index (χ4v) is 4.89. The third-order valence-corrected chi connectivity index (χ3v) is 7.03. The molecule has 2 aliphatic rings. The lowest BCUT2D eigenvalue weighted by Crippen LogP contribution is -2.45. The maximum atomic E-state index is 13.0. The topological polar surface area (TPSA) is 173 Å². The summed E-state index contributed by atoms with van der Waals surface area (Å²) in [5.41, 5.74) is 5.75. The lowest BCUT2D eigenvalue weighted by atomic mass is 9.98. The van der Waals surface area contributed by atoms with Crippen LogP contribution in [0.25, 0.3) is 0 Å². The Hall–Kier alpha value is -6.30. The number of rotatable bonds is 6. The van der Waals surface area contributed by atoms with Gasteiger partial charge in [0, 0.05) is 0 Å². The standard InChI is InChI=1S/C31H20N4O8/c36-24-7-3-1-5-20(24)26(38)32-34-28(40)18-11-9-16(14-22(18)30(34)42)13-17-10-12-19-23(15-17)31(43)35(29(19)41)33-27(39)21-6-2-4-8-25(21)37/h1-12,14-15,36-37H,13H2,(H,32,38)(H,33,39). The molecule has 212 valence electrons. The van der Waals surface area contributed by atoms with Gasteiger partial charge in [-0.25, -0.2) is 0 Å². The van der Waals surface area contributed by atoms with Gasteiger partial charge in [-0.2, -0.15) is 10.0 Å². The molecule has 0 saturated carbocycles. The Bertz CT molecular complexity index is 1780. The van der Waals surface area contributed by atoms with E-state index in [0.29, 0.717) is 21.1 Å². The molecule has 0 bridgehead atoms. The highest BCUT2D eigenvalue weighted by molar-refractivity contribution is 6.23. The fraction of sp³-hybridized carbons (Fsp3) is 0.0323. The van der Waals surface area contributed by atoms with E-state index in [1.54, 1.807) is 12.1 Å². The van der Waals surface area contributed by atoms with E-state index in [1.165, 1.54) is 72.8 Å². The number of fused-ring (bicyclic) bond motifs is 2. The normalized spacial score (nSPS) is 13.7. The third kappa shape index (κ3) is 4.62. The van der Waals surface area contributed by atoms with E-state index in [4.69, 9.17) is 0 Å². The highest BCUT2D eigenvalue weighted by atomic mass is 16.3. The minimum absolute atomic E-state index is 0.0607. The largest absolute Gasteiger partial charge is 0.507 e. The number of carbonyl (C=O) groups excluding carboxylic acids is 6. The smallest absolute Gasteiger partial charge is 0.280 e. The lowest BCUT2D eigenvalue weighted by molar-refractivity contribution is 0.0512. The number of aromatic hydroxyl groups is 2. The van der Waals surface area contributed by atoms with Crippen LogP contribution < -0.4 is 10.9 Å². The van der Waals surface area contributed by atoms with Crippen LogP contribution in [0.1, 0.15) is 73.3 Å². The Balaban J connectivity index is 1.18. The lowest BCUT2D eigenvalue weighted by Gasteiger charge is -2.15. The minimum atomic E-state index is -0.837. The number of carbonyl (C=O) groups is 6. The first-order chi connectivity index (χ1) is 20.6. The van der Waals surface area contributed by atoms with Crippen LogP contribution in [0.3, 0.4) is 0 Å². The van der Waals surface area contributed by atoms with Crippen LogP contribution in [-0.4, -0.2) is 55.7 Å². The Kier molecular flexibility index (Phi) is 6.42. The number of phenolic OH excluding ortho intramolecular Hbond substituents is 2. The number of hydrogen-bond donors (Lipinski definition) is 4. The van der Waals surface area contributed by atoms with Gasteiger partial charge in [-0.1, -0.05) is 36.4 Å².